The van der Waals surface area contributed by atoms with Gasteiger partial charge in [0, 0.05) is 5.69 Å². The van der Waals surface area contributed by atoms with Crippen molar-refractivity contribution in [3.63, 3.8) is 0 Å². The summed E-state index contributed by atoms with van der Waals surface area (Å²) < 4.78 is 5.19. The first-order valence-corrected chi connectivity index (χ1v) is 5.77. The van der Waals surface area contributed by atoms with E-state index in [4.69, 9.17) is 22.1 Å². The molecule has 0 heterocycles. The molecule has 16 heavy (non-hydrogen) atoms. The van der Waals surface area contributed by atoms with Gasteiger partial charge in [0.25, 0.3) is 0 Å². The van der Waals surface area contributed by atoms with Crippen LogP contribution >= 0.6 is 11.6 Å². The van der Waals surface area contributed by atoms with E-state index >= 15 is 0 Å². The lowest BCUT2D eigenvalue weighted by atomic mass is 9.86. The first-order chi connectivity index (χ1) is 7.66. The molecule has 0 aromatic heterocycles. The molecule has 0 aliphatic heterocycles. The highest BCUT2D eigenvalue weighted by Crippen LogP contribution is 2.27. The van der Waals surface area contributed by atoms with Gasteiger partial charge in [-0.1, -0.05) is 18.0 Å². The Morgan fingerprint density at radius 3 is 2.88 bits per heavy atom. The lowest BCUT2D eigenvalue weighted by Gasteiger charge is -2.24. The Kier molecular flexibility index (Phi) is 3.34. The van der Waals surface area contributed by atoms with E-state index in [-0.39, 0.29) is 5.97 Å². The lowest BCUT2D eigenvalue weighted by molar-refractivity contribution is 0.0372. The predicted octanol–water partition coefficient (Wildman–Crippen LogP) is 2.88. The zero-order valence-electron chi connectivity index (χ0n) is 8.91. The maximum absolute atomic E-state index is 11.7. The van der Waals surface area contributed by atoms with Gasteiger partial charge in [-0.2, -0.15) is 0 Å². The largest absolute Gasteiger partial charge is 0.462 e. The molecule has 0 spiro atoms. The summed E-state index contributed by atoms with van der Waals surface area (Å²) in [5.41, 5.74) is 6.45. The highest BCUT2D eigenvalue weighted by molar-refractivity contribution is 6.33. The molecule has 0 bridgehead atoms. The van der Waals surface area contributed by atoms with Crippen molar-refractivity contribution in [3.8, 4) is 0 Å². The van der Waals surface area contributed by atoms with Gasteiger partial charge in [-0.05, 0) is 37.0 Å². The summed E-state index contributed by atoms with van der Waals surface area (Å²) >= 11 is 5.90. The van der Waals surface area contributed by atoms with Crippen molar-refractivity contribution in [2.75, 3.05) is 12.3 Å². The van der Waals surface area contributed by atoms with Crippen LogP contribution in [0.3, 0.4) is 0 Å². The van der Waals surface area contributed by atoms with Crippen LogP contribution in [0.5, 0.6) is 0 Å². The van der Waals surface area contributed by atoms with Crippen LogP contribution in [0.2, 0.25) is 5.02 Å². The van der Waals surface area contributed by atoms with E-state index in [1.54, 1.807) is 18.2 Å². The molecule has 3 nitrogen and oxygen atoms in total. The number of ether oxygens (including phenoxy) is 1. The summed E-state index contributed by atoms with van der Waals surface area (Å²) in [6.45, 7) is 0.490. The summed E-state index contributed by atoms with van der Waals surface area (Å²) in [7, 11) is 0. The van der Waals surface area contributed by atoms with Crippen molar-refractivity contribution < 1.29 is 9.53 Å². The summed E-state index contributed by atoms with van der Waals surface area (Å²) in [6.07, 6.45) is 3.54. The number of benzene rings is 1. The Morgan fingerprint density at radius 1 is 1.50 bits per heavy atom. The van der Waals surface area contributed by atoms with Gasteiger partial charge in [0.2, 0.25) is 0 Å². The fourth-order valence-electron chi connectivity index (χ4n) is 1.63. The number of carbonyl (C=O) groups excluding carboxylic acids is 1. The van der Waals surface area contributed by atoms with Crippen LogP contribution in [-0.2, 0) is 4.74 Å². The van der Waals surface area contributed by atoms with Gasteiger partial charge in [0.15, 0.2) is 0 Å². The van der Waals surface area contributed by atoms with Gasteiger partial charge >= 0.3 is 5.97 Å². The second-order valence-corrected chi connectivity index (χ2v) is 4.54. The van der Waals surface area contributed by atoms with Crippen molar-refractivity contribution in [1.29, 1.82) is 0 Å². The number of hydrogen-bond acceptors (Lipinski definition) is 3. The van der Waals surface area contributed by atoms with Gasteiger partial charge in [-0.25, -0.2) is 4.79 Å². The fraction of sp³-hybridized carbons (Fsp3) is 0.417. The molecule has 1 aliphatic rings. The maximum atomic E-state index is 11.7. The van der Waals surface area contributed by atoms with Crippen LogP contribution in [0.4, 0.5) is 5.69 Å². The average Bonchev–Trinajstić information content (AvgIpc) is 2.19. The molecule has 0 saturated heterocycles. The Labute approximate surface area is 99.5 Å². The van der Waals surface area contributed by atoms with E-state index < -0.39 is 0 Å². The smallest absolute Gasteiger partial charge is 0.339 e. The Morgan fingerprint density at radius 2 is 2.25 bits per heavy atom. The molecule has 1 fully saturated rings. The van der Waals surface area contributed by atoms with Crippen LogP contribution < -0.4 is 5.73 Å². The third kappa shape index (κ3) is 2.47. The molecule has 1 aromatic rings. The van der Waals surface area contributed by atoms with E-state index in [1.165, 1.54) is 6.42 Å². The van der Waals surface area contributed by atoms with E-state index in [0.717, 1.165) is 12.8 Å². The molecule has 1 aromatic carbocycles. The van der Waals surface area contributed by atoms with Crippen LogP contribution in [0.15, 0.2) is 18.2 Å². The SMILES string of the molecule is Nc1ccc(Cl)c(C(=O)OCC2CCC2)c1. The third-order valence-corrected chi connectivity index (χ3v) is 3.21. The quantitative estimate of drug-likeness (QED) is 0.652. The predicted molar refractivity (Wildman–Crippen MR) is 63.5 cm³/mol. The van der Waals surface area contributed by atoms with Crippen LogP contribution in [-0.4, -0.2) is 12.6 Å². The minimum Gasteiger partial charge on any atom is -0.462 e. The standard InChI is InChI=1S/C12H14ClNO2/c13-11-5-4-9(14)6-10(11)12(15)16-7-8-2-1-3-8/h4-6,8H,1-3,7,14H2. The molecule has 0 unspecified atom stereocenters. The third-order valence-electron chi connectivity index (χ3n) is 2.89. The Hall–Kier alpha value is -1.22. The number of hydrogen-bond donors (Lipinski definition) is 1. The zero-order valence-corrected chi connectivity index (χ0v) is 9.67. The second kappa shape index (κ2) is 4.74. The zero-order chi connectivity index (χ0) is 11.5. The summed E-state index contributed by atoms with van der Waals surface area (Å²) in [5, 5.41) is 0.382. The molecular weight excluding hydrogens is 226 g/mol. The number of nitrogens with two attached hydrogens (primary N) is 1. The van der Waals surface area contributed by atoms with Crippen LogP contribution in [0.25, 0.3) is 0 Å². The van der Waals surface area contributed by atoms with Crippen LogP contribution in [0.1, 0.15) is 29.6 Å². The summed E-state index contributed by atoms with van der Waals surface area (Å²) in [4.78, 5) is 11.7. The molecule has 1 aliphatic carbocycles. The first kappa shape index (κ1) is 11.3. The van der Waals surface area contributed by atoms with Crippen molar-refractivity contribution in [2.24, 2.45) is 5.92 Å². The minimum absolute atomic E-state index is 0.348. The van der Waals surface area contributed by atoms with Gasteiger partial charge in [0.05, 0.1) is 17.2 Å². The van der Waals surface area contributed by atoms with Crippen molar-refractivity contribution in [2.45, 2.75) is 19.3 Å². The maximum Gasteiger partial charge on any atom is 0.339 e. The number of rotatable bonds is 3. The normalized spacial score (nSPS) is 15.6. The van der Waals surface area contributed by atoms with E-state index in [0.29, 0.717) is 28.8 Å². The number of nitrogen functional groups attached to an aromatic ring is 1. The molecule has 86 valence electrons. The van der Waals surface area contributed by atoms with E-state index in [1.807, 2.05) is 0 Å². The topological polar surface area (TPSA) is 52.3 Å². The molecular formula is C12H14ClNO2. The highest BCUT2D eigenvalue weighted by Gasteiger charge is 2.20. The van der Waals surface area contributed by atoms with Gasteiger partial charge in [-0.15, -0.1) is 0 Å². The molecule has 0 atom stereocenters. The van der Waals surface area contributed by atoms with Gasteiger partial charge in [0.1, 0.15) is 0 Å². The summed E-state index contributed by atoms with van der Waals surface area (Å²) in [6, 6.07) is 4.81. The van der Waals surface area contributed by atoms with E-state index in [9.17, 15) is 4.79 Å². The Bertz CT molecular complexity index is 402. The average molecular weight is 240 g/mol. The second-order valence-electron chi connectivity index (χ2n) is 4.13. The molecule has 4 heteroatoms. The molecule has 0 radical (unpaired) electrons. The monoisotopic (exact) mass is 239 g/mol. The first-order valence-electron chi connectivity index (χ1n) is 5.39. The highest BCUT2D eigenvalue weighted by atomic mass is 35.5. The molecule has 1 saturated carbocycles. The number of carbonyl (C=O) groups is 1. The van der Waals surface area contributed by atoms with Gasteiger partial charge < -0.3 is 10.5 Å². The number of esters is 1. The summed E-state index contributed by atoms with van der Waals surface area (Å²) in [5.74, 6) is 0.146. The van der Waals surface area contributed by atoms with Crippen molar-refractivity contribution >= 4 is 23.3 Å². The van der Waals surface area contributed by atoms with Crippen molar-refractivity contribution in [1.82, 2.24) is 0 Å². The number of anilines is 1. The molecule has 2 rings (SSSR count). The van der Waals surface area contributed by atoms with Gasteiger partial charge in [-0.3, -0.25) is 0 Å². The Balaban J connectivity index is 1.99. The van der Waals surface area contributed by atoms with Crippen LogP contribution in [0, 0.1) is 5.92 Å². The van der Waals surface area contributed by atoms with Crippen molar-refractivity contribution in [3.05, 3.63) is 28.8 Å². The molecule has 0 amide bonds. The number of halogens is 1. The minimum atomic E-state index is -0.385. The van der Waals surface area contributed by atoms with E-state index in [2.05, 4.69) is 0 Å². The molecule has 2 N–H and O–H groups in total. The lowest BCUT2D eigenvalue weighted by Crippen LogP contribution is -2.20. The fourth-order valence-corrected chi connectivity index (χ4v) is 1.82.